The molecule has 0 bridgehead atoms. The van der Waals surface area contributed by atoms with Crippen LogP contribution in [0.5, 0.6) is 0 Å². The molecule has 0 aromatic heterocycles. The van der Waals surface area contributed by atoms with E-state index in [2.05, 4.69) is 10.6 Å². The Labute approximate surface area is 138 Å². The van der Waals surface area contributed by atoms with Gasteiger partial charge in [-0.2, -0.15) is 10.1 Å². The fourth-order valence-corrected chi connectivity index (χ4v) is 3.61. The van der Waals surface area contributed by atoms with E-state index < -0.39 is 11.1 Å². The Balaban J connectivity index is 2.22. The molecule has 7 nitrogen and oxygen atoms in total. The lowest BCUT2D eigenvalue weighted by molar-refractivity contribution is -0.318. The summed E-state index contributed by atoms with van der Waals surface area (Å²) in [5.41, 5.74) is -2.10. The van der Waals surface area contributed by atoms with Gasteiger partial charge in [-0.15, -0.1) is 4.94 Å². The van der Waals surface area contributed by atoms with Gasteiger partial charge in [0, 0.05) is 11.1 Å². The number of amides is 2. The van der Waals surface area contributed by atoms with Crippen molar-refractivity contribution in [3.63, 3.8) is 0 Å². The van der Waals surface area contributed by atoms with Crippen LogP contribution < -0.4 is 10.6 Å². The molecule has 0 spiro atoms. The largest absolute Gasteiger partial charge is 0.297 e. The zero-order chi connectivity index (χ0) is 17.8. The number of hydroxylamine groups is 4. The van der Waals surface area contributed by atoms with Crippen molar-refractivity contribution < 1.29 is 14.5 Å². The van der Waals surface area contributed by atoms with E-state index in [1.165, 1.54) is 10.1 Å². The number of nitrogens with one attached hydrogen (secondary N) is 2. The van der Waals surface area contributed by atoms with Crippen LogP contribution in [0.15, 0.2) is 0 Å². The van der Waals surface area contributed by atoms with Crippen LogP contribution in [-0.2, 0) is 14.5 Å². The van der Waals surface area contributed by atoms with Crippen LogP contribution in [0.2, 0.25) is 0 Å². The van der Waals surface area contributed by atoms with Crippen molar-refractivity contribution in [2.24, 2.45) is 0 Å². The number of nitrogens with zero attached hydrogens (tertiary/aromatic N) is 2. The molecule has 7 heteroatoms. The Morgan fingerprint density at radius 1 is 0.739 bits per heavy atom. The highest BCUT2D eigenvalue weighted by molar-refractivity contribution is 5.87. The zero-order valence-electron chi connectivity index (χ0n) is 15.5. The Kier molecular flexibility index (Phi) is 4.07. The first kappa shape index (κ1) is 18.2. The molecule has 2 saturated heterocycles. The molecular weight excluding hydrogens is 296 g/mol. The van der Waals surface area contributed by atoms with Gasteiger partial charge < -0.3 is 0 Å². The first-order chi connectivity index (χ1) is 10.2. The molecule has 2 N–H and O–H groups in total. The van der Waals surface area contributed by atoms with E-state index in [9.17, 15) is 9.59 Å². The number of carbonyl (C=O) groups excluding carboxylic acids is 2. The molecular formula is C16H30N4O3. The van der Waals surface area contributed by atoms with Gasteiger partial charge in [0.2, 0.25) is 0 Å². The average molecular weight is 326 g/mol. The van der Waals surface area contributed by atoms with E-state index in [0.29, 0.717) is 13.1 Å². The molecule has 0 aliphatic carbocycles. The minimum Gasteiger partial charge on any atom is -0.297 e. The van der Waals surface area contributed by atoms with Gasteiger partial charge in [-0.25, -0.2) is 0 Å². The third kappa shape index (κ3) is 3.67. The number of rotatable bonds is 2. The number of hydrogen-bond acceptors (Lipinski definition) is 5. The molecule has 0 atom stereocenters. The van der Waals surface area contributed by atoms with Gasteiger partial charge >= 0.3 is 0 Å². The van der Waals surface area contributed by atoms with Crippen LogP contribution in [0.1, 0.15) is 55.4 Å². The number of carbonyl (C=O) groups is 2. The van der Waals surface area contributed by atoms with Crippen molar-refractivity contribution in [1.29, 1.82) is 0 Å². The molecule has 2 fully saturated rings. The third-order valence-electron chi connectivity index (χ3n) is 4.10. The standard InChI is InChI=1S/C16H30N4O3/c1-13(2)9-19(11(21)15(5,6)17-13)23-20-10-14(3,4)18-16(7,8)12(20)22/h17-18H,9-10H2,1-8H3. The Hall–Kier alpha value is -1.18. The molecule has 0 radical (unpaired) electrons. The second-order valence-corrected chi connectivity index (χ2v) is 9.03. The second kappa shape index (κ2) is 5.16. The van der Waals surface area contributed by atoms with E-state index >= 15 is 0 Å². The van der Waals surface area contributed by atoms with E-state index in [4.69, 9.17) is 4.94 Å². The lowest BCUT2D eigenvalue weighted by Crippen LogP contribution is -2.73. The van der Waals surface area contributed by atoms with Gasteiger partial charge in [0.1, 0.15) is 0 Å². The number of piperazine rings is 2. The molecule has 2 heterocycles. The summed E-state index contributed by atoms with van der Waals surface area (Å²) in [7, 11) is 0. The van der Waals surface area contributed by atoms with Crippen LogP contribution in [0.25, 0.3) is 0 Å². The highest BCUT2D eigenvalue weighted by Gasteiger charge is 2.49. The molecule has 2 aliphatic heterocycles. The fraction of sp³-hybridized carbons (Fsp3) is 0.875. The maximum atomic E-state index is 12.6. The first-order valence-corrected chi connectivity index (χ1v) is 8.06. The highest BCUT2D eigenvalue weighted by Crippen LogP contribution is 2.27. The lowest BCUT2D eigenvalue weighted by atomic mass is 9.92. The average Bonchev–Trinajstić information content (AvgIpc) is 2.28. The summed E-state index contributed by atoms with van der Waals surface area (Å²) < 4.78 is 0. The third-order valence-corrected chi connectivity index (χ3v) is 4.10. The van der Waals surface area contributed by atoms with E-state index in [-0.39, 0.29) is 22.9 Å². The smallest absolute Gasteiger partial charge is 0.267 e. The van der Waals surface area contributed by atoms with E-state index in [1.54, 1.807) is 0 Å². The minimum atomic E-state index is -0.746. The van der Waals surface area contributed by atoms with Gasteiger partial charge in [0.15, 0.2) is 0 Å². The Morgan fingerprint density at radius 3 is 1.35 bits per heavy atom. The monoisotopic (exact) mass is 326 g/mol. The van der Waals surface area contributed by atoms with Gasteiger partial charge in [-0.05, 0) is 55.4 Å². The van der Waals surface area contributed by atoms with Gasteiger partial charge in [0.05, 0.1) is 24.2 Å². The minimum absolute atomic E-state index is 0.182. The van der Waals surface area contributed by atoms with E-state index in [0.717, 1.165) is 0 Å². The molecule has 0 aromatic carbocycles. The Morgan fingerprint density at radius 2 is 1.04 bits per heavy atom. The molecule has 132 valence electrons. The summed E-state index contributed by atoms with van der Waals surface area (Å²) in [5, 5.41) is 9.23. The van der Waals surface area contributed by atoms with Crippen LogP contribution in [0.3, 0.4) is 0 Å². The van der Waals surface area contributed by atoms with Crippen LogP contribution in [0.4, 0.5) is 0 Å². The summed E-state index contributed by atoms with van der Waals surface area (Å²) >= 11 is 0. The predicted molar refractivity (Wildman–Crippen MR) is 87.1 cm³/mol. The van der Waals surface area contributed by atoms with Crippen molar-refractivity contribution in [1.82, 2.24) is 20.8 Å². The maximum Gasteiger partial charge on any atom is 0.267 e. The summed E-state index contributed by atoms with van der Waals surface area (Å²) in [6.07, 6.45) is 0. The predicted octanol–water partition coefficient (Wildman–Crippen LogP) is 0.811. The summed E-state index contributed by atoms with van der Waals surface area (Å²) in [6.45, 7) is 16.0. The zero-order valence-corrected chi connectivity index (χ0v) is 15.5. The second-order valence-electron chi connectivity index (χ2n) is 9.03. The van der Waals surface area contributed by atoms with Gasteiger partial charge in [0.25, 0.3) is 11.8 Å². The molecule has 23 heavy (non-hydrogen) atoms. The summed E-state index contributed by atoms with van der Waals surface area (Å²) in [5.74, 6) is -0.363. The van der Waals surface area contributed by atoms with Crippen molar-refractivity contribution >= 4 is 11.8 Å². The fourth-order valence-electron chi connectivity index (χ4n) is 3.61. The van der Waals surface area contributed by atoms with Crippen LogP contribution in [0, 0.1) is 0 Å². The molecule has 2 rings (SSSR count). The molecule has 2 aliphatic rings. The van der Waals surface area contributed by atoms with Crippen molar-refractivity contribution in [3.8, 4) is 0 Å². The summed E-state index contributed by atoms with van der Waals surface area (Å²) in [4.78, 5) is 31.0. The van der Waals surface area contributed by atoms with Gasteiger partial charge in [-0.1, -0.05) is 0 Å². The van der Waals surface area contributed by atoms with Crippen LogP contribution >= 0.6 is 0 Å². The first-order valence-electron chi connectivity index (χ1n) is 8.06. The SMILES string of the molecule is CC1(C)CN(ON2CC(C)(C)NC(C)(C)C2=O)C(=O)C(C)(C)N1. The van der Waals surface area contributed by atoms with Gasteiger partial charge in [-0.3, -0.25) is 20.2 Å². The molecule has 0 saturated carbocycles. The maximum absolute atomic E-state index is 12.6. The summed E-state index contributed by atoms with van der Waals surface area (Å²) in [6, 6.07) is 0. The van der Waals surface area contributed by atoms with Crippen molar-refractivity contribution in [2.45, 2.75) is 77.5 Å². The topological polar surface area (TPSA) is 73.9 Å². The van der Waals surface area contributed by atoms with Crippen molar-refractivity contribution in [3.05, 3.63) is 0 Å². The molecule has 2 amide bonds. The van der Waals surface area contributed by atoms with Crippen LogP contribution in [-0.4, -0.2) is 57.2 Å². The highest BCUT2D eigenvalue weighted by atomic mass is 16.8. The lowest BCUT2D eigenvalue weighted by Gasteiger charge is -2.50. The van der Waals surface area contributed by atoms with Crippen molar-refractivity contribution in [2.75, 3.05) is 13.1 Å². The molecule has 0 unspecified atom stereocenters. The number of hydrogen-bond donors (Lipinski definition) is 2. The quantitative estimate of drug-likeness (QED) is 0.786. The Bertz CT molecular complexity index is 479. The molecule has 0 aromatic rings. The van der Waals surface area contributed by atoms with E-state index in [1.807, 2.05) is 55.4 Å². The normalized spacial score (nSPS) is 28.9.